The van der Waals surface area contributed by atoms with E-state index in [1.807, 2.05) is 13.0 Å². The molecule has 1 aromatic carbocycles. The molecule has 0 aliphatic carbocycles. The minimum absolute atomic E-state index is 0. The molecule has 9 heteroatoms. The predicted molar refractivity (Wildman–Crippen MR) is 127 cm³/mol. The summed E-state index contributed by atoms with van der Waals surface area (Å²) < 4.78 is 5.13. The molecule has 27 heavy (non-hydrogen) atoms. The van der Waals surface area contributed by atoms with Gasteiger partial charge in [-0.3, -0.25) is 4.99 Å². The minimum atomic E-state index is 0. The first-order valence-electron chi connectivity index (χ1n) is 7.97. The molecule has 0 spiro atoms. The highest BCUT2D eigenvalue weighted by molar-refractivity contribution is 14.0. The second kappa shape index (κ2) is 10.3. The molecule has 0 atom stereocenters. The molecule has 0 saturated heterocycles. The SMILES string of the molecule is COc1ccc(NC(N)=NCCc2ccc(-c3csc(C)n3)s2)cc1Cl.I. The maximum atomic E-state index is 6.10. The number of aliphatic imine (C=N–C) groups is 1. The van der Waals surface area contributed by atoms with Crippen LogP contribution >= 0.6 is 58.3 Å². The first-order chi connectivity index (χ1) is 12.5. The second-order valence-electron chi connectivity index (χ2n) is 5.51. The number of thiophene rings is 1. The number of thiazole rings is 1. The average Bonchev–Trinajstić information content (AvgIpc) is 3.24. The van der Waals surface area contributed by atoms with Gasteiger partial charge in [0.1, 0.15) is 5.75 Å². The Morgan fingerprint density at radius 1 is 1.33 bits per heavy atom. The van der Waals surface area contributed by atoms with Crippen molar-refractivity contribution in [2.75, 3.05) is 19.0 Å². The molecule has 0 fully saturated rings. The van der Waals surface area contributed by atoms with Gasteiger partial charge in [0.2, 0.25) is 0 Å². The fourth-order valence-electron chi connectivity index (χ4n) is 2.34. The Kier molecular flexibility index (Phi) is 8.33. The van der Waals surface area contributed by atoms with E-state index < -0.39 is 0 Å². The molecular weight excluding hydrogens is 515 g/mol. The van der Waals surface area contributed by atoms with Crippen molar-refractivity contribution in [1.82, 2.24) is 4.98 Å². The van der Waals surface area contributed by atoms with Crippen molar-refractivity contribution in [3.8, 4) is 16.3 Å². The summed E-state index contributed by atoms with van der Waals surface area (Å²) in [6, 6.07) is 9.61. The Hall–Kier alpha value is -1.36. The van der Waals surface area contributed by atoms with Crippen LogP contribution in [0.3, 0.4) is 0 Å². The number of hydrogen-bond donors (Lipinski definition) is 2. The van der Waals surface area contributed by atoms with Crippen molar-refractivity contribution in [3.05, 3.63) is 50.6 Å². The van der Waals surface area contributed by atoms with E-state index in [2.05, 4.69) is 32.8 Å². The highest BCUT2D eigenvalue weighted by atomic mass is 127. The van der Waals surface area contributed by atoms with Gasteiger partial charge in [-0.1, -0.05) is 11.6 Å². The molecular formula is C18H20ClIN4OS2. The predicted octanol–water partition coefficient (Wildman–Crippen LogP) is 5.43. The van der Waals surface area contributed by atoms with Gasteiger partial charge in [-0.2, -0.15) is 0 Å². The summed E-state index contributed by atoms with van der Waals surface area (Å²) in [5.41, 5.74) is 7.77. The van der Waals surface area contributed by atoms with Crippen LogP contribution in [0.2, 0.25) is 5.02 Å². The summed E-state index contributed by atoms with van der Waals surface area (Å²) >= 11 is 9.51. The fourth-order valence-corrected chi connectivity index (χ4v) is 4.25. The summed E-state index contributed by atoms with van der Waals surface area (Å²) in [4.78, 5) is 11.3. The van der Waals surface area contributed by atoms with Gasteiger partial charge in [0, 0.05) is 28.9 Å². The van der Waals surface area contributed by atoms with E-state index in [1.54, 1.807) is 41.9 Å². The van der Waals surface area contributed by atoms with Crippen LogP contribution in [0.25, 0.3) is 10.6 Å². The Labute approximate surface area is 188 Å². The quantitative estimate of drug-likeness (QED) is 0.251. The highest BCUT2D eigenvalue weighted by Gasteiger charge is 2.06. The molecule has 2 heterocycles. The molecule has 0 bridgehead atoms. The lowest BCUT2D eigenvalue weighted by atomic mass is 10.3. The lowest BCUT2D eigenvalue weighted by Gasteiger charge is -2.08. The molecule has 5 nitrogen and oxygen atoms in total. The number of nitrogens with two attached hydrogens (primary N) is 1. The standard InChI is InChI=1S/C18H19ClN4OS2.HI/c1-11-22-15(10-25-11)17-6-4-13(26-17)7-8-21-18(20)23-12-3-5-16(24-2)14(19)9-12;/h3-6,9-10H,7-8H2,1-2H3,(H3,20,21,23);1H. The zero-order chi connectivity index (χ0) is 18.5. The van der Waals surface area contributed by atoms with Crippen LogP contribution in [-0.2, 0) is 6.42 Å². The highest BCUT2D eigenvalue weighted by Crippen LogP contribution is 2.29. The van der Waals surface area contributed by atoms with Crippen molar-refractivity contribution in [1.29, 1.82) is 0 Å². The third-order valence-electron chi connectivity index (χ3n) is 3.60. The van der Waals surface area contributed by atoms with E-state index in [4.69, 9.17) is 22.1 Å². The van der Waals surface area contributed by atoms with Crippen LogP contribution in [0.15, 0.2) is 40.7 Å². The van der Waals surface area contributed by atoms with E-state index >= 15 is 0 Å². The first kappa shape index (κ1) is 21.9. The molecule has 0 radical (unpaired) electrons. The van der Waals surface area contributed by atoms with Crippen molar-refractivity contribution in [3.63, 3.8) is 0 Å². The maximum absolute atomic E-state index is 6.10. The fraction of sp³-hybridized carbons (Fsp3) is 0.222. The summed E-state index contributed by atoms with van der Waals surface area (Å²) in [5.74, 6) is 0.981. The van der Waals surface area contributed by atoms with Gasteiger partial charge in [-0.25, -0.2) is 4.98 Å². The van der Waals surface area contributed by atoms with Crippen LogP contribution in [0, 0.1) is 6.92 Å². The summed E-state index contributed by atoms with van der Waals surface area (Å²) in [6.45, 7) is 2.63. The van der Waals surface area contributed by atoms with E-state index in [9.17, 15) is 0 Å². The Morgan fingerprint density at radius 3 is 2.81 bits per heavy atom. The number of aryl methyl sites for hydroxylation is 1. The lowest BCUT2D eigenvalue weighted by Crippen LogP contribution is -2.23. The van der Waals surface area contributed by atoms with Gasteiger partial charge < -0.3 is 15.8 Å². The summed E-state index contributed by atoms with van der Waals surface area (Å²) in [7, 11) is 1.58. The van der Waals surface area contributed by atoms with Gasteiger partial charge >= 0.3 is 0 Å². The van der Waals surface area contributed by atoms with Crippen LogP contribution in [0.5, 0.6) is 5.75 Å². The van der Waals surface area contributed by atoms with Gasteiger partial charge in [-0.15, -0.1) is 46.7 Å². The maximum Gasteiger partial charge on any atom is 0.193 e. The van der Waals surface area contributed by atoms with Crippen LogP contribution < -0.4 is 15.8 Å². The van der Waals surface area contributed by atoms with Crippen molar-refractivity contribution < 1.29 is 4.74 Å². The normalized spacial score (nSPS) is 11.1. The lowest BCUT2D eigenvalue weighted by molar-refractivity contribution is 0.415. The molecule has 0 aliphatic heterocycles. The van der Waals surface area contributed by atoms with Gasteiger partial charge in [-0.05, 0) is 37.3 Å². The molecule has 2 aromatic heterocycles. The van der Waals surface area contributed by atoms with E-state index in [0.29, 0.717) is 23.3 Å². The third-order valence-corrected chi connectivity index (χ3v) is 5.83. The number of benzene rings is 1. The molecule has 0 saturated carbocycles. The Bertz CT molecular complexity index is 926. The molecule has 0 amide bonds. The number of methoxy groups -OCH3 is 1. The van der Waals surface area contributed by atoms with E-state index in [1.165, 1.54) is 9.75 Å². The molecule has 0 aliphatic rings. The van der Waals surface area contributed by atoms with Crippen LogP contribution in [0.4, 0.5) is 5.69 Å². The summed E-state index contributed by atoms with van der Waals surface area (Å²) in [5, 5.41) is 6.73. The zero-order valence-electron chi connectivity index (χ0n) is 14.9. The van der Waals surface area contributed by atoms with Crippen molar-refractivity contribution in [2.45, 2.75) is 13.3 Å². The number of halogens is 2. The Morgan fingerprint density at radius 2 is 2.15 bits per heavy atom. The van der Waals surface area contributed by atoms with Gasteiger partial charge in [0.25, 0.3) is 0 Å². The summed E-state index contributed by atoms with van der Waals surface area (Å²) in [6.07, 6.45) is 0.833. The molecule has 3 N–H and O–H groups in total. The van der Waals surface area contributed by atoms with E-state index in [-0.39, 0.29) is 24.0 Å². The van der Waals surface area contributed by atoms with E-state index in [0.717, 1.165) is 22.8 Å². The zero-order valence-corrected chi connectivity index (χ0v) is 19.6. The van der Waals surface area contributed by atoms with Crippen LogP contribution in [0.1, 0.15) is 9.88 Å². The molecule has 3 rings (SSSR count). The molecule has 3 aromatic rings. The number of nitrogens with one attached hydrogen (secondary N) is 1. The monoisotopic (exact) mass is 534 g/mol. The van der Waals surface area contributed by atoms with Gasteiger partial charge in [0.15, 0.2) is 5.96 Å². The number of nitrogens with zero attached hydrogens (tertiary/aromatic N) is 2. The smallest absolute Gasteiger partial charge is 0.193 e. The first-order valence-corrected chi connectivity index (χ1v) is 10.0. The number of rotatable bonds is 6. The number of guanidine groups is 1. The third kappa shape index (κ3) is 6.06. The second-order valence-corrected chi connectivity index (χ2v) is 8.15. The molecule has 144 valence electrons. The largest absolute Gasteiger partial charge is 0.495 e. The van der Waals surface area contributed by atoms with Gasteiger partial charge in [0.05, 0.1) is 27.7 Å². The number of aromatic nitrogens is 1. The number of anilines is 1. The topological polar surface area (TPSA) is 72.5 Å². The van der Waals surface area contributed by atoms with Crippen LogP contribution in [-0.4, -0.2) is 24.6 Å². The number of hydrogen-bond acceptors (Lipinski definition) is 5. The Balaban J connectivity index is 0.00000261. The minimum Gasteiger partial charge on any atom is -0.495 e. The molecule has 0 unspecified atom stereocenters. The number of ether oxygens (including phenoxy) is 1. The van der Waals surface area contributed by atoms with Crippen molar-refractivity contribution >= 4 is 69.9 Å². The average molecular weight is 535 g/mol. The van der Waals surface area contributed by atoms with Crippen molar-refractivity contribution in [2.24, 2.45) is 10.7 Å².